The van der Waals surface area contributed by atoms with Crippen LogP contribution in [0.5, 0.6) is 5.75 Å². The van der Waals surface area contributed by atoms with Gasteiger partial charge in [-0.3, -0.25) is 4.79 Å². The topological polar surface area (TPSA) is 50.6 Å². The fourth-order valence-electron chi connectivity index (χ4n) is 3.87. The molecule has 1 amide bonds. The molecule has 1 aliphatic rings. The van der Waals surface area contributed by atoms with Crippen LogP contribution in [0.3, 0.4) is 0 Å². The lowest BCUT2D eigenvalue weighted by molar-refractivity contribution is 0.0702. The van der Waals surface area contributed by atoms with Crippen LogP contribution in [-0.4, -0.2) is 65.6 Å². The Morgan fingerprint density at radius 2 is 2.21 bits per heavy atom. The van der Waals surface area contributed by atoms with E-state index in [0.717, 1.165) is 57.0 Å². The normalized spacial score (nSPS) is 17.1. The van der Waals surface area contributed by atoms with Crippen molar-refractivity contribution in [3.8, 4) is 5.75 Å². The van der Waals surface area contributed by atoms with Crippen molar-refractivity contribution < 1.29 is 9.53 Å². The van der Waals surface area contributed by atoms with Crippen molar-refractivity contribution in [3.05, 3.63) is 48.0 Å². The van der Waals surface area contributed by atoms with E-state index in [-0.39, 0.29) is 5.91 Å². The number of hydrogen-bond acceptors (Lipinski definition) is 4. The van der Waals surface area contributed by atoms with Gasteiger partial charge in [0.1, 0.15) is 11.6 Å². The molecule has 0 bridgehead atoms. The van der Waals surface area contributed by atoms with Gasteiger partial charge < -0.3 is 19.1 Å². The van der Waals surface area contributed by atoms with Crippen molar-refractivity contribution in [2.75, 3.05) is 40.3 Å². The predicted octanol–water partition coefficient (Wildman–Crippen LogP) is 3.25. The van der Waals surface area contributed by atoms with Crippen LogP contribution >= 0.6 is 0 Å². The van der Waals surface area contributed by atoms with Crippen LogP contribution < -0.4 is 4.74 Å². The second kappa shape index (κ2) is 9.73. The number of rotatable bonds is 8. The first kappa shape index (κ1) is 20.4. The number of piperidine rings is 1. The van der Waals surface area contributed by atoms with Gasteiger partial charge in [0.15, 0.2) is 0 Å². The molecule has 0 N–H and O–H groups in total. The number of benzene rings is 1. The highest BCUT2D eigenvalue weighted by Crippen LogP contribution is 2.27. The van der Waals surface area contributed by atoms with Crippen LogP contribution in [0.2, 0.25) is 0 Å². The molecule has 1 aromatic carbocycles. The Morgan fingerprint density at radius 1 is 1.36 bits per heavy atom. The number of carbonyl (C=O) groups excluding carboxylic acids is 1. The van der Waals surface area contributed by atoms with Crippen molar-refractivity contribution in [2.45, 2.75) is 38.6 Å². The monoisotopic (exact) mass is 384 g/mol. The van der Waals surface area contributed by atoms with Gasteiger partial charge in [-0.25, -0.2) is 4.98 Å². The molecule has 0 saturated carbocycles. The number of carbonyl (C=O) groups is 1. The van der Waals surface area contributed by atoms with Gasteiger partial charge in [0, 0.05) is 43.5 Å². The van der Waals surface area contributed by atoms with Crippen LogP contribution in [0, 0.1) is 0 Å². The lowest BCUT2D eigenvalue weighted by Gasteiger charge is -2.33. The highest BCUT2D eigenvalue weighted by Gasteiger charge is 2.28. The van der Waals surface area contributed by atoms with Crippen molar-refractivity contribution in [1.29, 1.82) is 0 Å². The Balaban J connectivity index is 1.67. The van der Waals surface area contributed by atoms with Crippen molar-refractivity contribution in [3.63, 3.8) is 0 Å². The molecule has 1 fully saturated rings. The summed E-state index contributed by atoms with van der Waals surface area (Å²) in [5, 5.41) is 0. The van der Waals surface area contributed by atoms with Crippen LogP contribution in [0.1, 0.15) is 48.3 Å². The van der Waals surface area contributed by atoms with E-state index in [1.54, 1.807) is 0 Å². The van der Waals surface area contributed by atoms with E-state index in [1.807, 2.05) is 42.3 Å². The van der Waals surface area contributed by atoms with Gasteiger partial charge in [-0.1, -0.05) is 6.07 Å². The molecule has 1 atom stereocenters. The standard InChI is InChI=1S/C22H32N4O2/c1-4-28-20-10-5-8-18(16-20)22(27)26-13-6-9-19(17-26)21-23-11-15-25(21)14-7-12-24(2)3/h5,8,10-11,15-16,19H,4,6-7,9,12-14,17H2,1-3H3. The summed E-state index contributed by atoms with van der Waals surface area (Å²) in [6, 6.07) is 7.50. The Labute approximate surface area is 168 Å². The molecule has 1 aromatic heterocycles. The average molecular weight is 385 g/mol. The van der Waals surface area contributed by atoms with Gasteiger partial charge in [0.05, 0.1) is 6.61 Å². The second-order valence-electron chi connectivity index (χ2n) is 7.69. The van der Waals surface area contributed by atoms with Gasteiger partial charge in [-0.15, -0.1) is 0 Å². The minimum atomic E-state index is 0.0805. The molecule has 3 rings (SSSR count). The van der Waals surface area contributed by atoms with Crippen LogP contribution in [0.15, 0.2) is 36.7 Å². The number of aromatic nitrogens is 2. The summed E-state index contributed by atoms with van der Waals surface area (Å²) in [5.74, 6) is 2.23. The van der Waals surface area contributed by atoms with E-state index in [2.05, 4.69) is 34.7 Å². The van der Waals surface area contributed by atoms with Gasteiger partial charge in [-0.2, -0.15) is 0 Å². The summed E-state index contributed by atoms with van der Waals surface area (Å²) in [5.41, 5.74) is 0.695. The lowest BCUT2D eigenvalue weighted by atomic mass is 9.96. The molecule has 1 unspecified atom stereocenters. The maximum atomic E-state index is 13.0. The van der Waals surface area contributed by atoms with E-state index in [1.165, 1.54) is 0 Å². The first-order valence-electron chi connectivity index (χ1n) is 10.3. The van der Waals surface area contributed by atoms with E-state index >= 15 is 0 Å². The Morgan fingerprint density at radius 3 is 3.00 bits per heavy atom. The van der Waals surface area contributed by atoms with Crippen LogP contribution in [0.4, 0.5) is 0 Å². The molecular formula is C22H32N4O2. The number of imidazole rings is 1. The number of nitrogens with zero attached hydrogens (tertiary/aromatic N) is 4. The molecule has 152 valence electrons. The van der Waals surface area contributed by atoms with Gasteiger partial charge in [0.2, 0.25) is 0 Å². The number of aryl methyl sites for hydroxylation is 1. The largest absolute Gasteiger partial charge is 0.494 e. The maximum absolute atomic E-state index is 13.0. The van der Waals surface area contributed by atoms with Gasteiger partial charge >= 0.3 is 0 Å². The molecule has 0 radical (unpaired) electrons. The Hall–Kier alpha value is -2.34. The summed E-state index contributed by atoms with van der Waals surface area (Å²) >= 11 is 0. The molecule has 28 heavy (non-hydrogen) atoms. The van der Waals surface area contributed by atoms with Crippen molar-refractivity contribution in [1.82, 2.24) is 19.4 Å². The summed E-state index contributed by atoms with van der Waals surface area (Å²) in [4.78, 5) is 21.8. The molecule has 6 heteroatoms. The summed E-state index contributed by atoms with van der Waals surface area (Å²) in [7, 11) is 4.19. The fourth-order valence-corrected chi connectivity index (χ4v) is 3.87. The zero-order valence-corrected chi connectivity index (χ0v) is 17.3. The molecule has 1 aliphatic heterocycles. The van der Waals surface area contributed by atoms with Gasteiger partial charge in [-0.05, 0) is 65.0 Å². The highest BCUT2D eigenvalue weighted by atomic mass is 16.5. The molecule has 0 spiro atoms. The zero-order chi connectivity index (χ0) is 19.9. The van der Waals surface area contributed by atoms with Crippen LogP contribution in [0.25, 0.3) is 0 Å². The number of hydrogen-bond donors (Lipinski definition) is 0. The molecule has 2 aromatic rings. The number of ether oxygens (including phenoxy) is 1. The number of amides is 1. The first-order valence-corrected chi connectivity index (χ1v) is 10.3. The summed E-state index contributed by atoms with van der Waals surface area (Å²) in [6.07, 6.45) is 7.13. The maximum Gasteiger partial charge on any atom is 0.254 e. The van der Waals surface area contributed by atoms with Gasteiger partial charge in [0.25, 0.3) is 5.91 Å². The third kappa shape index (κ3) is 5.13. The van der Waals surface area contributed by atoms with Crippen LogP contribution in [-0.2, 0) is 6.54 Å². The predicted molar refractivity (Wildman–Crippen MR) is 111 cm³/mol. The van der Waals surface area contributed by atoms with Crippen molar-refractivity contribution >= 4 is 5.91 Å². The van der Waals surface area contributed by atoms with Crippen molar-refractivity contribution in [2.24, 2.45) is 0 Å². The molecule has 0 aliphatic carbocycles. The molecule has 6 nitrogen and oxygen atoms in total. The zero-order valence-electron chi connectivity index (χ0n) is 17.3. The molecule has 2 heterocycles. The fraction of sp³-hybridized carbons (Fsp3) is 0.545. The van der Waals surface area contributed by atoms with E-state index < -0.39 is 0 Å². The third-order valence-electron chi connectivity index (χ3n) is 5.22. The molecular weight excluding hydrogens is 352 g/mol. The minimum Gasteiger partial charge on any atom is -0.494 e. The quantitative estimate of drug-likeness (QED) is 0.701. The SMILES string of the molecule is CCOc1cccc(C(=O)N2CCCC(c3nccn3CCCN(C)C)C2)c1. The Kier molecular flexibility index (Phi) is 7.09. The minimum absolute atomic E-state index is 0.0805. The third-order valence-corrected chi connectivity index (χ3v) is 5.22. The molecule has 1 saturated heterocycles. The first-order chi connectivity index (χ1) is 13.6. The van der Waals surface area contributed by atoms with E-state index in [0.29, 0.717) is 18.1 Å². The highest BCUT2D eigenvalue weighted by molar-refractivity contribution is 5.94. The smallest absolute Gasteiger partial charge is 0.254 e. The number of likely N-dealkylation sites (tertiary alicyclic amines) is 1. The van der Waals surface area contributed by atoms with E-state index in [9.17, 15) is 4.79 Å². The average Bonchev–Trinajstić information content (AvgIpc) is 3.16. The van der Waals surface area contributed by atoms with E-state index in [4.69, 9.17) is 4.74 Å². The second-order valence-corrected chi connectivity index (χ2v) is 7.69. The summed E-state index contributed by atoms with van der Waals surface area (Å²) < 4.78 is 7.81. The summed E-state index contributed by atoms with van der Waals surface area (Å²) in [6.45, 7) is 6.10. The Bertz CT molecular complexity index is 771. The lowest BCUT2D eigenvalue weighted by Crippen LogP contribution is -2.39.